The van der Waals surface area contributed by atoms with Crippen LogP contribution in [0.3, 0.4) is 0 Å². The molecule has 0 bridgehead atoms. The molecule has 0 unspecified atom stereocenters. The number of aliphatic imine (C=N–C) groups is 1. The second-order valence-electron chi connectivity index (χ2n) is 19.8. The fourth-order valence-corrected chi connectivity index (χ4v) is 9.34. The van der Waals surface area contributed by atoms with E-state index >= 15 is 0 Å². The Morgan fingerprint density at radius 1 is 0.841 bits per heavy atom. The van der Waals surface area contributed by atoms with Crippen molar-refractivity contribution in [3.8, 4) is 11.4 Å². The third kappa shape index (κ3) is 15.5. The van der Waals surface area contributed by atoms with E-state index in [2.05, 4.69) is 42.0 Å². The summed E-state index contributed by atoms with van der Waals surface area (Å²) < 4.78 is 6.73. The molecule has 82 heavy (non-hydrogen) atoms. The molecule has 5 atom stereocenters. The van der Waals surface area contributed by atoms with E-state index in [4.69, 9.17) is 31.8 Å². The van der Waals surface area contributed by atoms with Gasteiger partial charge in [0.25, 0.3) is 5.56 Å². The lowest BCUT2D eigenvalue weighted by Crippen LogP contribution is -2.54. The number of nitrogens with zero attached hydrogens (tertiary/aromatic N) is 4. The van der Waals surface area contributed by atoms with Gasteiger partial charge in [-0.05, 0) is 67.9 Å². The van der Waals surface area contributed by atoms with Crippen LogP contribution in [0.15, 0.2) is 99.9 Å². The molecule has 5 aromatic rings. The Bertz CT molecular complexity index is 3310. The Morgan fingerprint density at radius 2 is 1.54 bits per heavy atom. The Balaban J connectivity index is 0.815. The van der Waals surface area contributed by atoms with E-state index in [9.17, 15) is 48.3 Å². The molecule has 25 nitrogen and oxygen atoms in total. The van der Waals surface area contributed by atoms with E-state index in [0.29, 0.717) is 39.9 Å². The van der Waals surface area contributed by atoms with Crippen LogP contribution < -0.4 is 54.7 Å². The zero-order valence-electron chi connectivity index (χ0n) is 45.4. The van der Waals surface area contributed by atoms with Gasteiger partial charge in [0.1, 0.15) is 31.6 Å². The molecular formula is C57H67N13O12. The Kier molecular flexibility index (Phi) is 20.7. The number of nitrogens with one attached hydrogen (secondary N) is 6. The number of aliphatic hydroxyl groups is 1. The summed E-state index contributed by atoms with van der Waals surface area (Å²) in [5.74, 6) is -4.33. The van der Waals surface area contributed by atoms with Crippen LogP contribution in [0.2, 0.25) is 0 Å². The van der Waals surface area contributed by atoms with Crippen molar-refractivity contribution in [1.82, 2.24) is 41.5 Å². The van der Waals surface area contributed by atoms with Gasteiger partial charge in [-0.25, -0.2) is 9.78 Å². The number of carbonyl (C=O) groups excluding carboxylic acids is 8. The maximum absolute atomic E-state index is 13.7. The fraction of sp³-hybridized carbons (Fsp3) is 0.368. The number of amides is 6. The number of aromatic nitrogens is 2. The lowest BCUT2D eigenvalue weighted by atomic mass is 9.86. The van der Waals surface area contributed by atoms with Crippen LogP contribution in [0.4, 0.5) is 0 Å². The first-order valence-corrected chi connectivity index (χ1v) is 26.7. The Hall–Kier alpha value is -9.36. The molecular weight excluding hydrogens is 1060 g/mol. The monoisotopic (exact) mass is 1130 g/mol. The van der Waals surface area contributed by atoms with Crippen molar-refractivity contribution >= 4 is 70.8 Å². The van der Waals surface area contributed by atoms with Crippen molar-refractivity contribution in [3.63, 3.8) is 0 Å². The molecule has 0 aliphatic carbocycles. The number of ether oxygens (including phenoxy) is 1. The van der Waals surface area contributed by atoms with Crippen molar-refractivity contribution < 1.29 is 53.0 Å². The summed E-state index contributed by atoms with van der Waals surface area (Å²) in [4.78, 5) is 130. The van der Waals surface area contributed by atoms with Crippen molar-refractivity contribution in [2.45, 2.75) is 108 Å². The summed E-state index contributed by atoms with van der Waals surface area (Å²) in [6.45, 7) is 2.88. The largest absolute Gasteiger partial charge is 0.458 e. The predicted octanol–water partition coefficient (Wildman–Crippen LogP) is -0.402. The van der Waals surface area contributed by atoms with Gasteiger partial charge in [0.15, 0.2) is 11.6 Å². The fourth-order valence-electron chi connectivity index (χ4n) is 9.34. The van der Waals surface area contributed by atoms with Gasteiger partial charge in [-0.1, -0.05) is 84.9 Å². The molecule has 25 heteroatoms. The molecule has 7 rings (SSSR count). The van der Waals surface area contributed by atoms with Crippen LogP contribution in [-0.4, -0.2) is 125 Å². The number of hydrogen-bond donors (Lipinski definition) is 10. The Labute approximate surface area is 471 Å². The number of pyridine rings is 2. The highest BCUT2D eigenvalue weighted by Crippen LogP contribution is 2.40. The molecule has 2 aliphatic rings. The highest BCUT2D eigenvalue weighted by molar-refractivity contribution is 6.02. The molecule has 6 amide bonds. The summed E-state index contributed by atoms with van der Waals surface area (Å²) in [5, 5.41) is 31.8. The van der Waals surface area contributed by atoms with Crippen LogP contribution >= 0.6 is 0 Å². The van der Waals surface area contributed by atoms with Crippen LogP contribution in [0.25, 0.3) is 22.3 Å². The van der Waals surface area contributed by atoms with Gasteiger partial charge in [0.05, 0.1) is 60.4 Å². The topological polar surface area (TPSA) is 385 Å². The summed E-state index contributed by atoms with van der Waals surface area (Å²) in [5.41, 5.74) is 20.4. The van der Waals surface area contributed by atoms with Gasteiger partial charge < -0.3 is 73.1 Å². The average Bonchev–Trinajstić information content (AvgIpc) is 4.07. The molecule has 2 aromatic heterocycles. The number of benzene rings is 3. The molecule has 4 heterocycles. The number of aldehydes is 1. The van der Waals surface area contributed by atoms with Crippen molar-refractivity contribution in [2.24, 2.45) is 27.3 Å². The number of rotatable bonds is 28. The van der Waals surface area contributed by atoms with Crippen LogP contribution in [-0.2, 0) is 86.1 Å². The van der Waals surface area contributed by atoms with E-state index in [0.717, 1.165) is 16.5 Å². The maximum Gasteiger partial charge on any atom is 0.343 e. The predicted molar refractivity (Wildman–Crippen MR) is 301 cm³/mol. The van der Waals surface area contributed by atoms with Gasteiger partial charge in [0, 0.05) is 48.0 Å². The normalized spacial score (nSPS) is 15.5. The highest BCUT2D eigenvalue weighted by atomic mass is 16.6. The summed E-state index contributed by atoms with van der Waals surface area (Å²) in [7, 11) is 0. The molecule has 0 saturated heterocycles. The zero-order valence-corrected chi connectivity index (χ0v) is 45.4. The second kappa shape index (κ2) is 28.2. The minimum Gasteiger partial charge on any atom is -0.458 e. The van der Waals surface area contributed by atoms with Gasteiger partial charge >= 0.3 is 5.97 Å². The highest BCUT2D eigenvalue weighted by Gasteiger charge is 2.45. The molecule has 13 N–H and O–H groups in total. The number of hydrogen-bond acceptors (Lipinski definition) is 16. The number of nitrogens with two attached hydrogens (primary N) is 3. The van der Waals surface area contributed by atoms with Gasteiger partial charge in [-0.15, -0.1) is 0 Å². The maximum atomic E-state index is 13.7. The van der Waals surface area contributed by atoms with E-state index in [1.54, 1.807) is 37.3 Å². The second-order valence-corrected chi connectivity index (χ2v) is 19.8. The quantitative estimate of drug-likeness (QED) is 0.00746. The molecule has 0 spiro atoms. The van der Waals surface area contributed by atoms with E-state index in [1.165, 1.54) is 17.7 Å². The van der Waals surface area contributed by atoms with Crippen molar-refractivity contribution in [3.05, 3.63) is 134 Å². The van der Waals surface area contributed by atoms with Crippen LogP contribution in [0, 0.1) is 0 Å². The third-order valence-electron chi connectivity index (χ3n) is 13.9. The molecule has 0 fully saturated rings. The van der Waals surface area contributed by atoms with E-state index in [-0.39, 0.29) is 113 Å². The molecule has 2 aliphatic heterocycles. The van der Waals surface area contributed by atoms with Crippen LogP contribution in [0.1, 0.15) is 84.9 Å². The molecule has 432 valence electrons. The standard InChI is InChI=1S/C57H67N13O12/c1-3-57(80)42-26-46-50-40(30-70(46)54(78)41(42)32-81-55(57)79)39(38-12-7-8-13-44(38)68-50)28-65-82-23-22-61-47(72)19-20-48(73)63-27-36-17-15-35(16-18-36)25-43(58)52(76)69-45(14-9-21-62-56(59)60)53(77)64-29-49(74)66-33(2)51(75)67-37(31-71)24-34-10-5-4-6-11-34/h4-8,10-13,15-18,26,28,31,33,37,43,45,80H,3,9,14,19-25,27,29-30,32,58H2,1-2H3,(H,61,72)(H,63,73)(H,64,77)(H,66,74)(H,67,75)(H,69,76)(H4,59,60,62)/b65-28-/t33-,37+,43-,45-,57-/m0/s1. The average molecular weight is 1130 g/mol. The summed E-state index contributed by atoms with van der Waals surface area (Å²) in [6.07, 6.45) is 2.70. The summed E-state index contributed by atoms with van der Waals surface area (Å²) in [6, 6.07) is 21.0. The number of guanidine groups is 1. The van der Waals surface area contributed by atoms with E-state index in [1.807, 2.05) is 54.6 Å². The lowest BCUT2D eigenvalue weighted by Gasteiger charge is -2.31. The van der Waals surface area contributed by atoms with Gasteiger partial charge in [-0.3, -0.25) is 38.6 Å². The Morgan fingerprint density at radius 3 is 2.26 bits per heavy atom. The summed E-state index contributed by atoms with van der Waals surface area (Å²) >= 11 is 0. The minimum absolute atomic E-state index is 0.00958. The first-order valence-electron chi connectivity index (χ1n) is 26.7. The number of para-hydroxylation sites is 1. The molecule has 0 radical (unpaired) electrons. The number of oxime groups is 1. The smallest absolute Gasteiger partial charge is 0.343 e. The van der Waals surface area contributed by atoms with E-state index < -0.39 is 71.5 Å². The van der Waals surface area contributed by atoms with Gasteiger partial charge in [0.2, 0.25) is 35.4 Å². The number of cyclic esters (lactones) is 1. The molecule has 3 aromatic carbocycles. The number of esters is 1. The number of carbonyl (C=O) groups is 8. The van der Waals surface area contributed by atoms with Crippen LogP contribution in [0.5, 0.6) is 0 Å². The molecule has 0 saturated carbocycles. The van der Waals surface area contributed by atoms with Crippen molar-refractivity contribution in [2.75, 3.05) is 26.2 Å². The van der Waals surface area contributed by atoms with Gasteiger partial charge in [-0.2, -0.15) is 0 Å². The van der Waals surface area contributed by atoms with Crippen molar-refractivity contribution in [1.29, 1.82) is 0 Å². The zero-order chi connectivity index (χ0) is 58.9. The first-order chi connectivity index (χ1) is 39.4. The first kappa shape index (κ1) is 60.3. The number of fused-ring (bicyclic) bond motifs is 5. The minimum atomic E-state index is -1.96. The SMILES string of the molecule is CC[C@@]1(O)C(=O)OCc2c1cc1n(c2=O)Cc2c-1nc1ccccc1c2/C=N\OCCNC(=O)CCC(=O)NCc1ccc(C[C@H](N)C(=O)N[C@@H](CCCN=C(N)N)C(=O)NCC(=O)N[C@@H](C)C(=O)N[C@@H](C=O)Cc2ccccc2)cc1. The third-order valence-corrected chi connectivity index (χ3v) is 13.9. The lowest BCUT2D eigenvalue weighted by molar-refractivity contribution is -0.172.